The monoisotopic (exact) mass is 282 g/mol. The molecule has 0 aromatic heterocycles. The molecule has 4 heteroatoms. The van der Waals surface area contributed by atoms with Gasteiger partial charge in [0.1, 0.15) is 18.1 Å². The van der Waals surface area contributed by atoms with Crippen LogP contribution < -0.4 is 9.47 Å². The van der Waals surface area contributed by atoms with Gasteiger partial charge in [-0.25, -0.2) is 0 Å². The van der Waals surface area contributed by atoms with Crippen LogP contribution in [-0.2, 0) is 6.61 Å². The molecule has 0 N–H and O–H groups in total. The standard InChI is InChI=1S/C14H12Cl2O2/c1-17-14-7-4-12(16)8-10(14)9-18-13-5-2-11(15)3-6-13/h2-8H,9H2,1H3. The molecule has 0 fully saturated rings. The molecule has 0 unspecified atom stereocenters. The van der Waals surface area contributed by atoms with Gasteiger partial charge in [0.25, 0.3) is 0 Å². The number of hydrogen-bond acceptors (Lipinski definition) is 2. The largest absolute Gasteiger partial charge is 0.496 e. The molecule has 94 valence electrons. The summed E-state index contributed by atoms with van der Waals surface area (Å²) in [4.78, 5) is 0. The minimum Gasteiger partial charge on any atom is -0.496 e. The van der Waals surface area contributed by atoms with E-state index < -0.39 is 0 Å². The fourth-order valence-electron chi connectivity index (χ4n) is 1.55. The molecule has 2 rings (SSSR count). The van der Waals surface area contributed by atoms with Gasteiger partial charge in [-0.15, -0.1) is 0 Å². The third-order valence-corrected chi connectivity index (χ3v) is 2.94. The Bertz CT molecular complexity index is 524. The van der Waals surface area contributed by atoms with Gasteiger partial charge in [-0.05, 0) is 42.5 Å². The van der Waals surface area contributed by atoms with E-state index in [1.807, 2.05) is 24.3 Å². The summed E-state index contributed by atoms with van der Waals surface area (Å²) in [5.41, 5.74) is 0.903. The topological polar surface area (TPSA) is 18.5 Å². The van der Waals surface area contributed by atoms with Crippen LogP contribution in [0.5, 0.6) is 11.5 Å². The lowest BCUT2D eigenvalue weighted by molar-refractivity contribution is 0.296. The fraction of sp³-hybridized carbons (Fsp3) is 0.143. The van der Waals surface area contributed by atoms with Crippen LogP contribution in [0.1, 0.15) is 5.56 Å². The van der Waals surface area contributed by atoms with Gasteiger partial charge in [-0.3, -0.25) is 0 Å². The zero-order valence-corrected chi connectivity index (χ0v) is 11.3. The molecule has 0 bridgehead atoms. The maximum atomic E-state index is 5.95. The zero-order chi connectivity index (χ0) is 13.0. The third kappa shape index (κ3) is 3.31. The van der Waals surface area contributed by atoms with Crippen molar-refractivity contribution in [2.45, 2.75) is 6.61 Å². The molecule has 0 aliphatic carbocycles. The van der Waals surface area contributed by atoms with Crippen molar-refractivity contribution in [2.24, 2.45) is 0 Å². The van der Waals surface area contributed by atoms with Crippen molar-refractivity contribution in [3.05, 3.63) is 58.1 Å². The Morgan fingerprint density at radius 1 is 0.944 bits per heavy atom. The summed E-state index contributed by atoms with van der Waals surface area (Å²) in [6.45, 7) is 0.394. The van der Waals surface area contributed by atoms with Crippen molar-refractivity contribution >= 4 is 23.2 Å². The van der Waals surface area contributed by atoms with Crippen LogP contribution in [-0.4, -0.2) is 7.11 Å². The lowest BCUT2D eigenvalue weighted by atomic mass is 10.2. The number of halogens is 2. The Morgan fingerprint density at radius 2 is 1.61 bits per heavy atom. The minimum atomic E-state index is 0.394. The maximum Gasteiger partial charge on any atom is 0.125 e. The van der Waals surface area contributed by atoms with Gasteiger partial charge in [0.2, 0.25) is 0 Å². The molecule has 0 heterocycles. The molecule has 0 aliphatic rings. The van der Waals surface area contributed by atoms with Crippen LogP contribution in [0.2, 0.25) is 10.0 Å². The summed E-state index contributed by atoms with van der Waals surface area (Å²) in [6, 6.07) is 12.6. The first-order chi connectivity index (χ1) is 8.69. The van der Waals surface area contributed by atoms with Gasteiger partial charge < -0.3 is 9.47 Å². The SMILES string of the molecule is COc1ccc(Cl)cc1COc1ccc(Cl)cc1. The van der Waals surface area contributed by atoms with E-state index in [0.717, 1.165) is 17.1 Å². The highest BCUT2D eigenvalue weighted by molar-refractivity contribution is 6.30. The Morgan fingerprint density at radius 3 is 2.28 bits per heavy atom. The number of hydrogen-bond donors (Lipinski definition) is 0. The van der Waals surface area contributed by atoms with E-state index in [4.69, 9.17) is 32.7 Å². The first-order valence-corrected chi connectivity index (χ1v) is 6.15. The van der Waals surface area contributed by atoms with Crippen LogP contribution in [0, 0.1) is 0 Å². The summed E-state index contributed by atoms with van der Waals surface area (Å²) in [6.07, 6.45) is 0. The lowest BCUT2D eigenvalue weighted by Crippen LogP contribution is -1.98. The average Bonchev–Trinajstić information content (AvgIpc) is 2.38. The molecule has 2 aromatic rings. The molecule has 2 nitrogen and oxygen atoms in total. The number of ether oxygens (including phenoxy) is 2. The van der Waals surface area contributed by atoms with Gasteiger partial charge in [-0.2, -0.15) is 0 Å². The van der Waals surface area contributed by atoms with Crippen LogP contribution in [0.25, 0.3) is 0 Å². The predicted molar refractivity (Wildman–Crippen MR) is 73.8 cm³/mol. The number of rotatable bonds is 4. The molecule has 0 amide bonds. The van der Waals surface area contributed by atoms with E-state index >= 15 is 0 Å². The Balaban J connectivity index is 2.09. The highest BCUT2D eigenvalue weighted by Gasteiger charge is 2.05. The number of methoxy groups -OCH3 is 1. The van der Waals surface area contributed by atoms with Crippen molar-refractivity contribution in [1.29, 1.82) is 0 Å². The molecule has 0 aliphatic heterocycles. The van der Waals surface area contributed by atoms with Crippen LogP contribution >= 0.6 is 23.2 Å². The fourth-order valence-corrected chi connectivity index (χ4v) is 1.87. The minimum absolute atomic E-state index is 0.394. The second-order valence-electron chi connectivity index (χ2n) is 3.70. The average molecular weight is 283 g/mol. The second-order valence-corrected chi connectivity index (χ2v) is 4.57. The highest BCUT2D eigenvalue weighted by Crippen LogP contribution is 2.24. The van der Waals surface area contributed by atoms with Crippen molar-refractivity contribution in [1.82, 2.24) is 0 Å². The van der Waals surface area contributed by atoms with Crippen molar-refractivity contribution in [3.63, 3.8) is 0 Å². The van der Waals surface area contributed by atoms with Gasteiger partial charge in [-0.1, -0.05) is 23.2 Å². The smallest absolute Gasteiger partial charge is 0.125 e. The Labute approximate surface area is 116 Å². The number of benzene rings is 2. The van der Waals surface area contributed by atoms with E-state index in [-0.39, 0.29) is 0 Å². The quantitative estimate of drug-likeness (QED) is 0.817. The van der Waals surface area contributed by atoms with E-state index in [1.54, 1.807) is 25.3 Å². The Kier molecular flexibility index (Phi) is 4.34. The predicted octanol–water partition coefficient (Wildman–Crippen LogP) is 4.58. The lowest BCUT2D eigenvalue weighted by Gasteiger charge is -2.10. The summed E-state index contributed by atoms with van der Waals surface area (Å²) >= 11 is 11.8. The normalized spacial score (nSPS) is 10.2. The summed E-state index contributed by atoms with van der Waals surface area (Å²) in [5.74, 6) is 1.51. The summed E-state index contributed by atoms with van der Waals surface area (Å²) in [5, 5.41) is 1.34. The molecule has 0 spiro atoms. The molecule has 18 heavy (non-hydrogen) atoms. The van der Waals surface area contributed by atoms with Crippen LogP contribution in [0.3, 0.4) is 0 Å². The van der Waals surface area contributed by atoms with Gasteiger partial charge >= 0.3 is 0 Å². The van der Waals surface area contributed by atoms with Gasteiger partial charge in [0.05, 0.1) is 7.11 Å². The van der Waals surface area contributed by atoms with Crippen LogP contribution in [0.15, 0.2) is 42.5 Å². The molecule has 0 saturated carbocycles. The highest BCUT2D eigenvalue weighted by atomic mass is 35.5. The molecular formula is C14H12Cl2O2. The maximum absolute atomic E-state index is 5.95. The van der Waals surface area contributed by atoms with Crippen molar-refractivity contribution in [3.8, 4) is 11.5 Å². The van der Waals surface area contributed by atoms with E-state index in [0.29, 0.717) is 16.7 Å². The molecule has 2 aromatic carbocycles. The Hall–Kier alpha value is -1.38. The first-order valence-electron chi connectivity index (χ1n) is 5.40. The molecule has 0 atom stereocenters. The summed E-state index contributed by atoms with van der Waals surface area (Å²) < 4.78 is 10.9. The van der Waals surface area contributed by atoms with Gasteiger partial charge in [0, 0.05) is 15.6 Å². The molecular weight excluding hydrogens is 271 g/mol. The molecule has 0 saturated heterocycles. The molecule has 0 radical (unpaired) electrons. The zero-order valence-electron chi connectivity index (χ0n) is 9.82. The summed E-state index contributed by atoms with van der Waals surface area (Å²) in [7, 11) is 1.62. The van der Waals surface area contributed by atoms with Gasteiger partial charge in [0.15, 0.2) is 0 Å². The van der Waals surface area contributed by atoms with Crippen LogP contribution in [0.4, 0.5) is 0 Å². The van der Waals surface area contributed by atoms with E-state index in [2.05, 4.69) is 0 Å². The van der Waals surface area contributed by atoms with Crippen molar-refractivity contribution < 1.29 is 9.47 Å². The van der Waals surface area contributed by atoms with E-state index in [1.165, 1.54) is 0 Å². The first kappa shape index (κ1) is 13.1. The second kappa shape index (κ2) is 5.98. The van der Waals surface area contributed by atoms with E-state index in [9.17, 15) is 0 Å². The van der Waals surface area contributed by atoms with Crippen molar-refractivity contribution in [2.75, 3.05) is 7.11 Å². The third-order valence-electron chi connectivity index (χ3n) is 2.45.